The van der Waals surface area contributed by atoms with Crippen LogP contribution >= 0.6 is 12.4 Å². The molecule has 0 aliphatic heterocycles. The molecule has 0 saturated heterocycles. The molecule has 1 fully saturated rings. The van der Waals surface area contributed by atoms with Gasteiger partial charge in [-0.2, -0.15) is 0 Å². The van der Waals surface area contributed by atoms with Gasteiger partial charge in [-0.25, -0.2) is 0 Å². The van der Waals surface area contributed by atoms with Crippen LogP contribution in [0.25, 0.3) is 0 Å². The average Bonchev–Trinajstić information content (AvgIpc) is 2.91. The second-order valence-electron chi connectivity index (χ2n) is 6.63. The van der Waals surface area contributed by atoms with Crippen LogP contribution in [0.3, 0.4) is 0 Å². The predicted octanol–water partition coefficient (Wildman–Crippen LogP) is 3.23. The molecule has 136 valence electrons. The third-order valence-electron chi connectivity index (χ3n) is 5.61. The Morgan fingerprint density at radius 1 is 0.880 bits per heavy atom. The van der Waals surface area contributed by atoms with Crippen molar-refractivity contribution < 1.29 is 10.2 Å². The SMILES string of the molecule is CCN(CC)[C@@H]1CC(c2ccccc2)(c2ccccc2)[C@@H](O)[C@H]1O.Cl. The van der Waals surface area contributed by atoms with Gasteiger partial charge >= 0.3 is 0 Å². The normalized spacial score (nSPS) is 24.9. The van der Waals surface area contributed by atoms with Gasteiger partial charge in [-0.3, -0.25) is 4.90 Å². The highest BCUT2D eigenvalue weighted by molar-refractivity contribution is 5.85. The molecule has 0 heterocycles. The van der Waals surface area contributed by atoms with Gasteiger partial charge < -0.3 is 10.2 Å². The Bertz CT molecular complexity index is 606. The third kappa shape index (κ3) is 3.34. The van der Waals surface area contributed by atoms with Gasteiger partial charge in [0, 0.05) is 6.04 Å². The molecular formula is C21H28ClNO2. The quantitative estimate of drug-likeness (QED) is 0.859. The number of benzene rings is 2. The molecule has 0 spiro atoms. The fourth-order valence-electron chi connectivity index (χ4n) is 4.33. The molecule has 0 bridgehead atoms. The summed E-state index contributed by atoms with van der Waals surface area (Å²) in [5.74, 6) is 0. The molecule has 3 nitrogen and oxygen atoms in total. The first-order chi connectivity index (χ1) is 11.6. The van der Waals surface area contributed by atoms with Crippen molar-refractivity contribution in [2.45, 2.75) is 43.9 Å². The summed E-state index contributed by atoms with van der Waals surface area (Å²) < 4.78 is 0. The second-order valence-corrected chi connectivity index (χ2v) is 6.63. The highest BCUT2D eigenvalue weighted by Gasteiger charge is 2.55. The summed E-state index contributed by atoms with van der Waals surface area (Å²) in [5, 5.41) is 22.0. The summed E-state index contributed by atoms with van der Waals surface area (Å²) in [6.07, 6.45) is -0.872. The van der Waals surface area contributed by atoms with E-state index in [1.807, 2.05) is 36.4 Å². The van der Waals surface area contributed by atoms with Gasteiger partial charge in [0.05, 0.1) is 17.6 Å². The number of aliphatic hydroxyl groups is 2. The zero-order valence-electron chi connectivity index (χ0n) is 14.9. The van der Waals surface area contributed by atoms with E-state index in [0.29, 0.717) is 6.42 Å². The minimum absolute atomic E-state index is 0. The summed E-state index contributed by atoms with van der Waals surface area (Å²) in [4.78, 5) is 2.25. The number of nitrogens with zero attached hydrogens (tertiary/aromatic N) is 1. The lowest BCUT2D eigenvalue weighted by Crippen LogP contribution is -2.44. The van der Waals surface area contributed by atoms with Crippen molar-refractivity contribution in [2.75, 3.05) is 13.1 Å². The Hall–Kier alpha value is -1.39. The molecule has 0 amide bonds. The van der Waals surface area contributed by atoms with Gasteiger partial charge in [-0.05, 0) is 30.6 Å². The van der Waals surface area contributed by atoms with Crippen molar-refractivity contribution in [3.8, 4) is 0 Å². The van der Waals surface area contributed by atoms with Crippen LogP contribution in [-0.4, -0.2) is 46.5 Å². The van der Waals surface area contributed by atoms with Crippen molar-refractivity contribution in [3.63, 3.8) is 0 Å². The van der Waals surface area contributed by atoms with Gasteiger partial charge in [0.1, 0.15) is 0 Å². The molecule has 2 aromatic rings. The number of rotatable bonds is 5. The minimum Gasteiger partial charge on any atom is -0.389 e. The molecule has 1 aliphatic carbocycles. The fraction of sp³-hybridized carbons (Fsp3) is 0.429. The summed E-state index contributed by atoms with van der Waals surface area (Å²) in [5.41, 5.74) is 1.56. The van der Waals surface area contributed by atoms with Crippen LogP contribution in [0.2, 0.25) is 0 Å². The maximum Gasteiger partial charge on any atom is 0.0966 e. The van der Waals surface area contributed by atoms with Gasteiger partial charge in [-0.1, -0.05) is 74.5 Å². The Labute approximate surface area is 156 Å². The molecule has 3 rings (SSSR count). The van der Waals surface area contributed by atoms with Crippen LogP contribution in [0.4, 0.5) is 0 Å². The van der Waals surface area contributed by atoms with Crippen molar-refractivity contribution in [1.29, 1.82) is 0 Å². The van der Waals surface area contributed by atoms with Crippen LogP contribution in [0.1, 0.15) is 31.4 Å². The lowest BCUT2D eigenvalue weighted by atomic mass is 9.71. The molecule has 1 saturated carbocycles. The van der Waals surface area contributed by atoms with Gasteiger partial charge in [0.25, 0.3) is 0 Å². The molecule has 3 atom stereocenters. The smallest absolute Gasteiger partial charge is 0.0966 e. The van der Waals surface area contributed by atoms with Crippen LogP contribution in [0.5, 0.6) is 0 Å². The predicted molar refractivity (Wildman–Crippen MR) is 104 cm³/mol. The molecule has 0 aromatic heterocycles. The summed E-state index contributed by atoms with van der Waals surface area (Å²) >= 11 is 0. The lowest BCUT2D eigenvalue weighted by molar-refractivity contribution is -0.0110. The molecule has 2 N–H and O–H groups in total. The molecule has 1 aliphatic rings. The maximum atomic E-state index is 11.1. The van der Waals surface area contributed by atoms with E-state index >= 15 is 0 Å². The first-order valence-electron chi connectivity index (χ1n) is 8.86. The Balaban J connectivity index is 0.00000225. The zero-order valence-corrected chi connectivity index (χ0v) is 15.7. The van der Waals surface area contributed by atoms with Gasteiger partial charge in [0.2, 0.25) is 0 Å². The average molecular weight is 362 g/mol. The van der Waals surface area contributed by atoms with E-state index in [9.17, 15) is 10.2 Å². The standard InChI is InChI=1S/C21H27NO2.ClH/c1-3-22(4-2)18-15-21(20(24)19(18)23,16-11-7-5-8-12-16)17-13-9-6-10-14-17;/h5-14,18-20,23-24H,3-4,15H2,1-2H3;1H/t18-,19+,20+;/m1./s1. The van der Waals surface area contributed by atoms with E-state index in [1.165, 1.54) is 0 Å². The summed E-state index contributed by atoms with van der Waals surface area (Å²) in [6.45, 7) is 5.94. The largest absolute Gasteiger partial charge is 0.389 e. The Morgan fingerprint density at radius 2 is 1.32 bits per heavy atom. The number of aliphatic hydroxyl groups excluding tert-OH is 2. The van der Waals surface area contributed by atoms with Crippen LogP contribution in [0, 0.1) is 0 Å². The number of hydrogen-bond donors (Lipinski definition) is 2. The number of likely N-dealkylation sites (N-methyl/N-ethyl adjacent to an activating group) is 1. The van der Waals surface area contributed by atoms with E-state index in [0.717, 1.165) is 24.2 Å². The van der Waals surface area contributed by atoms with E-state index in [-0.39, 0.29) is 18.4 Å². The fourth-order valence-corrected chi connectivity index (χ4v) is 4.33. The number of hydrogen-bond acceptors (Lipinski definition) is 3. The second kappa shape index (κ2) is 8.33. The summed E-state index contributed by atoms with van der Waals surface area (Å²) in [6, 6.07) is 20.2. The van der Waals surface area contributed by atoms with E-state index in [2.05, 4.69) is 43.0 Å². The van der Waals surface area contributed by atoms with Crippen molar-refractivity contribution in [3.05, 3.63) is 71.8 Å². The van der Waals surface area contributed by atoms with Crippen molar-refractivity contribution >= 4 is 12.4 Å². The molecule has 25 heavy (non-hydrogen) atoms. The summed E-state index contributed by atoms with van der Waals surface area (Å²) in [7, 11) is 0. The molecule has 0 unspecified atom stereocenters. The van der Waals surface area contributed by atoms with E-state index in [4.69, 9.17) is 0 Å². The molecule has 0 radical (unpaired) electrons. The first kappa shape index (κ1) is 19.9. The first-order valence-corrected chi connectivity index (χ1v) is 8.86. The van der Waals surface area contributed by atoms with Crippen LogP contribution in [0.15, 0.2) is 60.7 Å². The van der Waals surface area contributed by atoms with Crippen LogP contribution < -0.4 is 0 Å². The Kier molecular flexibility index (Phi) is 6.64. The minimum atomic E-state index is -0.826. The van der Waals surface area contributed by atoms with Crippen LogP contribution in [-0.2, 0) is 5.41 Å². The third-order valence-corrected chi connectivity index (χ3v) is 5.61. The van der Waals surface area contributed by atoms with E-state index < -0.39 is 17.6 Å². The monoisotopic (exact) mass is 361 g/mol. The van der Waals surface area contributed by atoms with E-state index in [1.54, 1.807) is 0 Å². The van der Waals surface area contributed by atoms with Gasteiger partial charge in [-0.15, -0.1) is 12.4 Å². The topological polar surface area (TPSA) is 43.7 Å². The molecule has 4 heteroatoms. The highest BCUT2D eigenvalue weighted by Crippen LogP contribution is 2.48. The lowest BCUT2D eigenvalue weighted by Gasteiger charge is -2.34. The van der Waals surface area contributed by atoms with Gasteiger partial charge in [0.15, 0.2) is 0 Å². The van der Waals surface area contributed by atoms with Crippen molar-refractivity contribution in [2.24, 2.45) is 0 Å². The molecular weight excluding hydrogens is 334 g/mol. The number of halogens is 1. The van der Waals surface area contributed by atoms with Crippen molar-refractivity contribution in [1.82, 2.24) is 4.90 Å². The zero-order chi connectivity index (χ0) is 17.2. The molecule has 2 aromatic carbocycles. The Morgan fingerprint density at radius 3 is 1.72 bits per heavy atom. The maximum absolute atomic E-state index is 11.1. The highest BCUT2D eigenvalue weighted by atomic mass is 35.5.